The third-order valence-corrected chi connectivity index (χ3v) is 3.08. The molecule has 1 unspecified atom stereocenters. The molecule has 1 aromatic carbocycles. The van der Waals surface area contributed by atoms with Crippen LogP contribution in [0.15, 0.2) is 28.7 Å². The molecular weight excluding hydrogens is 282 g/mol. The van der Waals surface area contributed by atoms with Crippen LogP contribution in [-0.2, 0) is 11.2 Å². The monoisotopic (exact) mass is 299 g/mol. The molecule has 0 fully saturated rings. The van der Waals surface area contributed by atoms with Crippen molar-refractivity contribution in [1.29, 1.82) is 0 Å². The first-order valence-electron chi connectivity index (χ1n) is 5.74. The molecule has 3 nitrogen and oxygen atoms in total. The maximum atomic E-state index is 11.6. The molecule has 0 bridgehead atoms. The Labute approximate surface area is 110 Å². The van der Waals surface area contributed by atoms with Crippen LogP contribution in [0.5, 0.6) is 0 Å². The molecule has 1 amide bonds. The molecule has 1 aromatic rings. The third-order valence-electron chi connectivity index (χ3n) is 2.55. The summed E-state index contributed by atoms with van der Waals surface area (Å²) in [5.41, 5.74) is 1.00. The molecule has 1 atom stereocenters. The predicted octanol–water partition coefficient (Wildman–Crippen LogP) is 2.13. The minimum atomic E-state index is 0.0251. The Hall–Kier alpha value is -0.870. The minimum Gasteiger partial charge on any atom is -0.396 e. The molecule has 17 heavy (non-hydrogen) atoms. The second kappa shape index (κ2) is 7.45. The molecule has 0 aliphatic heterocycles. The Kier molecular flexibility index (Phi) is 6.22. The predicted molar refractivity (Wildman–Crippen MR) is 71.7 cm³/mol. The van der Waals surface area contributed by atoms with Crippen LogP contribution in [0.1, 0.15) is 18.9 Å². The number of halogens is 1. The van der Waals surface area contributed by atoms with E-state index in [2.05, 4.69) is 21.2 Å². The summed E-state index contributed by atoms with van der Waals surface area (Å²) in [6.45, 7) is 2.80. The Morgan fingerprint density at radius 2 is 2.06 bits per heavy atom. The van der Waals surface area contributed by atoms with Crippen molar-refractivity contribution in [2.24, 2.45) is 5.92 Å². The Morgan fingerprint density at radius 1 is 1.41 bits per heavy atom. The lowest BCUT2D eigenvalue weighted by molar-refractivity contribution is -0.120. The Bertz CT molecular complexity index is 351. The minimum absolute atomic E-state index is 0.0251. The van der Waals surface area contributed by atoms with E-state index < -0.39 is 0 Å². The molecule has 4 heteroatoms. The van der Waals surface area contributed by atoms with Crippen molar-refractivity contribution in [3.63, 3.8) is 0 Å². The summed E-state index contributed by atoms with van der Waals surface area (Å²) in [6.07, 6.45) is 1.12. The van der Waals surface area contributed by atoms with E-state index in [1.807, 2.05) is 31.2 Å². The van der Waals surface area contributed by atoms with Gasteiger partial charge >= 0.3 is 0 Å². The zero-order chi connectivity index (χ0) is 12.7. The van der Waals surface area contributed by atoms with Gasteiger partial charge in [0, 0.05) is 17.6 Å². The van der Waals surface area contributed by atoms with Gasteiger partial charge in [0.15, 0.2) is 0 Å². The average molecular weight is 300 g/mol. The van der Waals surface area contributed by atoms with Crippen molar-refractivity contribution in [1.82, 2.24) is 5.32 Å². The van der Waals surface area contributed by atoms with Crippen molar-refractivity contribution in [2.45, 2.75) is 19.8 Å². The molecule has 0 aliphatic rings. The first kappa shape index (κ1) is 14.2. The summed E-state index contributed by atoms with van der Waals surface area (Å²) in [5, 5.41) is 11.6. The average Bonchev–Trinajstić information content (AvgIpc) is 2.30. The summed E-state index contributed by atoms with van der Waals surface area (Å²) in [5.74, 6) is 0.339. The van der Waals surface area contributed by atoms with Gasteiger partial charge in [0.1, 0.15) is 0 Å². The molecule has 1 rings (SSSR count). The number of carbonyl (C=O) groups excluding carboxylic acids is 1. The normalized spacial score (nSPS) is 12.2. The lowest BCUT2D eigenvalue weighted by Crippen LogP contribution is -2.29. The van der Waals surface area contributed by atoms with Gasteiger partial charge in [0.2, 0.25) is 5.91 Å². The van der Waals surface area contributed by atoms with Gasteiger partial charge in [-0.1, -0.05) is 35.0 Å². The van der Waals surface area contributed by atoms with Crippen LogP contribution < -0.4 is 5.32 Å². The first-order chi connectivity index (χ1) is 8.11. The van der Waals surface area contributed by atoms with Gasteiger partial charge in [0.05, 0.1) is 6.42 Å². The Balaban J connectivity index is 2.32. The van der Waals surface area contributed by atoms with E-state index in [1.165, 1.54) is 0 Å². The van der Waals surface area contributed by atoms with Crippen LogP contribution in [0.4, 0.5) is 0 Å². The van der Waals surface area contributed by atoms with Gasteiger partial charge < -0.3 is 10.4 Å². The van der Waals surface area contributed by atoms with Crippen LogP contribution in [-0.4, -0.2) is 24.2 Å². The van der Waals surface area contributed by atoms with Gasteiger partial charge in [-0.05, 0) is 30.0 Å². The van der Waals surface area contributed by atoms with E-state index in [4.69, 9.17) is 5.11 Å². The highest BCUT2D eigenvalue weighted by Gasteiger charge is 2.06. The van der Waals surface area contributed by atoms with Crippen LogP contribution in [0.3, 0.4) is 0 Å². The molecule has 94 valence electrons. The zero-order valence-electron chi connectivity index (χ0n) is 9.95. The second-order valence-electron chi connectivity index (χ2n) is 4.22. The van der Waals surface area contributed by atoms with Gasteiger partial charge in [-0.3, -0.25) is 4.79 Å². The molecule has 0 aromatic heterocycles. The van der Waals surface area contributed by atoms with E-state index in [0.29, 0.717) is 18.9 Å². The highest BCUT2D eigenvalue weighted by molar-refractivity contribution is 9.10. The lowest BCUT2D eigenvalue weighted by atomic mass is 10.1. The van der Waals surface area contributed by atoms with E-state index in [-0.39, 0.29) is 12.5 Å². The number of rotatable bonds is 6. The fraction of sp³-hybridized carbons (Fsp3) is 0.462. The fourth-order valence-corrected chi connectivity index (χ4v) is 1.73. The highest BCUT2D eigenvalue weighted by atomic mass is 79.9. The topological polar surface area (TPSA) is 49.3 Å². The summed E-state index contributed by atoms with van der Waals surface area (Å²) in [7, 11) is 0. The molecule has 0 aliphatic carbocycles. The summed E-state index contributed by atoms with van der Waals surface area (Å²) in [4.78, 5) is 11.6. The molecular formula is C13H18BrNO2. The van der Waals surface area contributed by atoms with Crippen molar-refractivity contribution in [3.8, 4) is 0 Å². The molecule has 0 spiro atoms. The van der Waals surface area contributed by atoms with Crippen LogP contribution in [0, 0.1) is 5.92 Å². The van der Waals surface area contributed by atoms with E-state index in [1.54, 1.807) is 0 Å². The maximum Gasteiger partial charge on any atom is 0.224 e. The number of aliphatic hydroxyl groups is 1. The smallest absolute Gasteiger partial charge is 0.224 e. The quantitative estimate of drug-likeness (QED) is 0.845. The maximum absolute atomic E-state index is 11.6. The van der Waals surface area contributed by atoms with Gasteiger partial charge in [-0.2, -0.15) is 0 Å². The van der Waals surface area contributed by atoms with Crippen LogP contribution in [0.25, 0.3) is 0 Å². The van der Waals surface area contributed by atoms with Crippen LogP contribution >= 0.6 is 15.9 Å². The van der Waals surface area contributed by atoms with Crippen molar-refractivity contribution in [3.05, 3.63) is 34.3 Å². The van der Waals surface area contributed by atoms with E-state index in [9.17, 15) is 4.79 Å². The van der Waals surface area contributed by atoms with Gasteiger partial charge in [0.25, 0.3) is 0 Å². The fourth-order valence-electron chi connectivity index (χ4n) is 1.46. The van der Waals surface area contributed by atoms with Crippen LogP contribution in [0.2, 0.25) is 0 Å². The van der Waals surface area contributed by atoms with Crippen molar-refractivity contribution >= 4 is 21.8 Å². The molecule has 0 saturated carbocycles. The Morgan fingerprint density at radius 3 is 2.65 bits per heavy atom. The largest absolute Gasteiger partial charge is 0.396 e. The zero-order valence-corrected chi connectivity index (χ0v) is 11.5. The van der Waals surface area contributed by atoms with E-state index in [0.717, 1.165) is 16.5 Å². The van der Waals surface area contributed by atoms with Crippen molar-refractivity contribution < 1.29 is 9.90 Å². The first-order valence-corrected chi connectivity index (χ1v) is 6.53. The van der Waals surface area contributed by atoms with Gasteiger partial charge in [-0.25, -0.2) is 0 Å². The summed E-state index contributed by atoms with van der Waals surface area (Å²) < 4.78 is 1.01. The highest BCUT2D eigenvalue weighted by Crippen LogP contribution is 2.10. The van der Waals surface area contributed by atoms with Gasteiger partial charge in [-0.15, -0.1) is 0 Å². The molecule has 0 saturated heterocycles. The molecule has 2 N–H and O–H groups in total. The standard InChI is InChI=1S/C13H18BrNO2/c1-10(6-7-16)9-15-13(17)8-11-2-4-12(14)5-3-11/h2-5,10,16H,6-9H2,1H3,(H,15,17). The number of aliphatic hydroxyl groups excluding tert-OH is 1. The summed E-state index contributed by atoms with van der Waals surface area (Å²) in [6, 6.07) is 7.72. The summed E-state index contributed by atoms with van der Waals surface area (Å²) >= 11 is 3.35. The number of amides is 1. The number of hydrogen-bond donors (Lipinski definition) is 2. The number of carbonyl (C=O) groups is 1. The molecule has 0 radical (unpaired) electrons. The van der Waals surface area contributed by atoms with E-state index >= 15 is 0 Å². The third kappa shape index (κ3) is 5.84. The number of benzene rings is 1. The lowest BCUT2D eigenvalue weighted by Gasteiger charge is -2.11. The second-order valence-corrected chi connectivity index (χ2v) is 5.14. The number of nitrogens with one attached hydrogen (secondary N) is 1. The molecule has 0 heterocycles. The SMILES string of the molecule is CC(CCO)CNC(=O)Cc1ccc(Br)cc1. The van der Waals surface area contributed by atoms with Crippen molar-refractivity contribution in [2.75, 3.05) is 13.2 Å². The number of hydrogen-bond acceptors (Lipinski definition) is 2.